The van der Waals surface area contributed by atoms with Gasteiger partial charge in [0, 0.05) is 19.6 Å². The summed E-state index contributed by atoms with van der Waals surface area (Å²) in [5.74, 6) is 1.81. The number of aromatic hydroxyl groups is 1. The van der Waals surface area contributed by atoms with Gasteiger partial charge in [0.15, 0.2) is 17.5 Å². The van der Waals surface area contributed by atoms with Crippen LogP contribution in [0.15, 0.2) is 17.1 Å². The Bertz CT molecular complexity index is 616. The van der Waals surface area contributed by atoms with Crippen LogP contribution in [0.1, 0.15) is 38.2 Å². The first kappa shape index (κ1) is 17.7. The zero-order valence-corrected chi connectivity index (χ0v) is 15.5. The number of rotatable bonds is 5. The molecule has 138 valence electrons. The Balaban J connectivity index is 1.75. The minimum absolute atomic E-state index is 0.0242. The van der Waals surface area contributed by atoms with Crippen molar-refractivity contribution in [2.45, 2.75) is 39.2 Å². The number of phenols is 1. The molecule has 1 aromatic rings. The van der Waals surface area contributed by atoms with Gasteiger partial charge in [-0.1, -0.05) is 6.42 Å². The van der Waals surface area contributed by atoms with Crippen LogP contribution in [0.4, 0.5) is 0 Å². The number of guanidine groups is 1. The molecule has 1 aliphatic heterocycles. The molecule has 0 aromatic heterocycles. The van der Waals surface area contributed by atoms with Gasteiger partial charge in [0.2, 0.25) is 5.75 Å². The second-order valence-electron chi connectivity index (χ2n) is 7.04. The number of nitrogens with one attached hydrogen (secondary N) is 1. The average Bonchev–Trinajstić information content (AvgIpc) is 3.05. The molecule has 2 aliphatic rings. The molecule has 25 heavy (non-hydrogen) atoms. The third kappa shape index (κ3) is 3.62. The van der Waals surface area contributed by atoms with Crippen molar-refractivity contribution in [3.05, 3.63) is 17.7 Å². The molecule has 1 heterocycles. The molecule has 2 N–H and O–H groups in total. The lowest BCUT2D eigenvalue weighted by molar-refractivity contribution is 0.151. The van der Waals surface area contributed by atoms with Gasteiger partial charge in [-0.25, -0.2) is 4.99 Å². The SMILES string of the molecule is CCNC(=NCc1cc(OC)c(O)c(OC)c1)N1CCC2(CCC2)C1. The van der Waals surface area contributed by atoms with E-state index in [1.54, 1.807) is 0 Å². The Morgan fingerprint density at radius 2 is 1.92 bits per heavy atom. The quantitative estimate of drug-likeness (QED) is 0.633. The molecule has 0 unspecified atom stereocenters. The Hall–Kier alpha value is -2.11. The zero-order chi connectivity index (χ0) is 17.9. The van der Waals surface area contributed by atoms with Gasteiger partial charge < -0.3 is 24.8 Å². The second kappa shape index (κ2) is 7.42. The standard InChI is InChI=1S/C19H29N3O3/c1-4-20-18(22-9-8-19(13-22)6-5-7-19)21-12-14-10-15(24-2)17(23)16(11-14)25-3/h10-11,23H,4-9,12-13H2,1-3H3,(H,20,21). The molecule has 0 bridgehead atoms. The summed E-state index contributed by atoms with van der Waals surface area (Å²) in [7, 11) is 3.07. The van der Waals surface area contributed by atoms with Gasteiger partial charge in [-0.2, -0.15) is 0 Å². The molecule has 6 heteroatoms. The smallest absolute Gasteiger partial charge is 0.200 e. The maximum absolute atomic E-state index is 10.0. The number of benzene rings is 1. The van der Waals surface area contributed by atoms with E-state index < -0.39 is 0 Å². The first-order chi connectivity index (χ1) is 12.1. The van der Waals surface area contributed by atoms with Gasteiger partial charge in [0.05, 0.1) is 20.8 Å². The molecule has 1 saturated carbocycles. The second-order valence-corrected chi connectivity index (χ2v) is 7.04. The maximum atomic E-state index is 10.0. The van der Waals surface area contributed by atoms with Gasteiger partial charge in [0.1, 0.15) is 0 Å². The third-order valence-electron chi connectivity index (χ3n) is 5.44. The van der Waals surface area contributed by atoms with Crippen LogP contribution < -0.4 is 14.8 Å². The topological polar surface area (TPSA) is 66.3 Å². The predicted molar refractivity (Wildman–Crippen MR) is 98.5 cm³/mol. The van der Waals surface area contributed by atoms with Crippen molar-refractivity contribution in [2.24, 2.45) is 10.4 Å². The van der Waals surface area contributed by atoms with Crippen molar-refractivity contribution in [2.75, 3.05) is 33.9 Å². The van der Waals surface area contributed by atoms with Crippen LogP contribution in [0.3, 0.4) is 0 Å². The number of methoxy groups -OCH3 is 2. The molecule has 0 amide bonds. The van der Waals surface area contributed by atoms with Crippen LogP contribution in [0.25, 0.3) is 0 Å². The predicted octanol–water partition coefficient (Wildman–Crippen LogP) is 2.75. The molecule has 0 radical (unpaired) electrons. The Kier molecular flexibility index (Phi) is 5.25. The highest BCUT2D eigenvalue weighted by Gasteiger charge is 2.43. The van der Waals surface area contributed by atoms with Crippen LogP contribution in [0.2, 0.25) is 0 Å². The summed E-state index contributed by atoms with van der Waals surface area (Å²) in [5, 5.41) is 13.4. The van der Waals surface area contributed by atoms with Gasteiger partial charge in [-0.3, -0.25) is 0 Å². The summed E-state index contributed by atoms with van der Waals surface area (Å²) in [4.78, 5) is 7.20. The zero-order valence-electron chi connectivity index (χ0n) is 15.5. The summed E-state index contributed by atoms with van der Waals surface area (Å²) < 4.78 is 10.5. The fourth-order valence-corrected chi connectivity index (χ4v) is 3.83. The van der Waals surface area contributed by atoms with E-state index in [-0.39, 0.29) is 5.75 Å². The highest BCUT2D eigenvalue weighted by Crippen LogP contribution is 2.47. The van der Waals surface area contributed by atoms with Gasteiger partial charge >= 0.3 is 0 Å². The lowest BCUT2D eigenvalue weighted by Crippen LogP contribution is -2.42. The number of hydrogen-bond acceptors (Lipinski definition) is 4. The van der Waals surface area contributed by atoms with Crippen LogP contribution in [-0.4, -0.2) is 49.8 Å². The minimum atomic E-state index is 0.0242. The fraction of sp³-hybridized carbons (Fsp3) is 0.632. The van der Waals surface area contributed by atoms with Gasteiger partial charge in [0.25, 0.3) is 0 Å². The lowest BCUT2D eigenvalue weighted by Gasteiger charge is -2.38. The Labute approximate surface area is 149 Å². The fourth-order valence-electron chi connectivity index (χ4n) is 3.83. The van der Waals surface area contributed by atoms with Crippen LogP contribution in [-0.2, 0) is 6.54 Å². The Morgan fingerprint density at radius 3 is 2.40 bits per heavy atom. The van der Waals surface area contributed by atoms with Crippen LogP contribution in [0, 0.1) is 5.41 Å². The van der Waals surface area contributed by atoms with E-state index in [4.69, 9.17) is 14.5 Å². The number of hydrogen-bond donors (Lipinski definition) is 2. The normalized spacial score (nSPS) is 19.0. The van der Waals surface area contributed by atoms with Crippen molar-refractivity contribution in [3.63, 3.8) is 0 Å². The average molecular weight is 347 g/mol. The number of ether oxygens (including phenoxy) is 2. The highest BCUT2D eigenvalue weighted by atomic mass is 16.5. The molecule has 1 aromatic carbocycles. The molecular formula is C19H29N3O3. The van der Waals surface area contributed by atoms with E-state index in [1.807, 2.05) is 12.1 Å². The molecule has 1 aliphatic carbocycles. The van der Waals surface area contributed by atoms with Crippen molar-refractivity contribution in [3.8, 4) is 17.2 Å². The first-order valence-electron chi connectivity index (χ1n) is 9.08. The minimum Gasteiger partial charge on any atom is -0.502 e. The molecule has 1 spiro atoms. The summed E-state index contributed by atoms with van der Waals surface area (Å²) in [6, 6.07) is 3.62. The van der Waals surface area contributed by atoms with Crippen LogP contribution in [0.5, 0.6) is 17.2 Å². The van der Waals surface area contributed by atoms with Gasteiger partial charge in [-0.05, 0) is 49.3 Å². The van der Waals surface area contributed by atoms with E-state index in [1.165, 1.54) is 39.9 Å². The van der Waals surface area contributed by atoms with E-state index >= 15 is 0 Å². The molecule has 2 fully saturated rings. The van der Waals surface area contributed by atoms with E-state index in [2.05, 4.69) is 17.1 Å². The maximum Gasteiger partial charge on any atom is 0.200 e. The van der Waals surface area contributed by atoms with Crippen LogP contribution >= 0.6 is 0 Å². The summed E-state index contributed by atoms with van der Waals surface area (Å²) in [6.07, 6.45) is 5.36. The molecular weight excluding hydrogens is 318 g/mol. The molecule has 6 nitrogen and oxygen atoms in total. The largest absolute Gasteiger partial charge is 0.502 e. The number of likely N-dealkylation sites (tertiary alicyclic amines) is 1. The summed E-state index contributed by atoms with van der Waals surface area (Å²) >= 11 is 0. The Morgan fingerprint density at radius 1 is 1.24 bits per heavy atom. The van der Waals surface area contributed by atoms with Crippen molar-refractivity contribution in [1.29, 1.82) is 0 Å². The molecule has 1 saturated heterocycles. The number of aliphatic imine (C=N–C) groups is 1. The van der Waals surface area contributed by atoms with E-state index in [9.17, 15) is 5.11 Å². The lowest BCUT2D eigenvalue weighted by atomic mass is 9.68. The van der Waals surface area contributed by atoms with Crippen molar-refractivity contribution < 1.29 is 14.6 Å². The first-order valence-corrected chi connectivity index (χ1v) is 9.08. The van der Waals surface area contributed by atoms with E-state index in [0.717, 1.165) is 31.2 Å². The molecule has 0 atom stereocenters. The third-order valence-corrected chi connectivity index (χ3v) is 5.44. The highest BCUT2D eigenvalue weighted by molar-refractivity contribution is 5.80. The monoisotopic (exact) mass is 347 g/mol. The van der Waals surface area contributed by atoms with Crippen molar-refractivity contribution in [1.82, 2.24) is 10.2 Å². The van der Waals surface area contributed by atoms with Crippen molar-refractivity contribution >= 4 is 5.96 Å². The summed E-state index contributed by atoms with van der Waals surface area (Å²) in [6.45, 7) is 5.65. The molecule has 3 rings (SSSR count). The van der Waals surface area contributed by atoms with Gasteiger partial charge in [-0.15, -0.1) is 0 Å². The summed E-state index contributed by atoms with van der Waals surface area (Å²) in [5.41, 5.74) is 1.49. The van der Waals surface area contributed by atoms with E-state index in [0.29, 0.717) is 23.5 Å². The number of nitrogens with zero attached hydrogens (tertiary/aromatic N) is 2. The number of phenolic OH excluding ortho intramolecular Hbond substituents is 1.